The molecule has 0 aliphatic heterocycles. The van der Waals surface area contributed by atoms with E-state index in [-0.39, 0.29) is 6.10 Å². The van der Waals surface area contributed by atoms with Gasteiger partial charge in [-0.15, -0.1) is 0 Å². The first-order valence-corrected chi connectivity index (χ1v) is 8.22. The molecular weight excluding hydrogens is 192 g/mol. The lowest BCUT2D eigenvalue weighted by atomic mass is 10.2. The number of carbonyl (C=O) groups excluding carboxylic acids is 1. The summed E-state index contributed by atoms with van der Waals surface area (Å²) < 4.78 is 5.67. The molecule has 0 fully saturated rings. The first kappa shape index (κ1) is 13.3. The van der Waals surface area contributed by atoms with Crippen LogP contribution in [-0.4, -0.2) is 20.7 Å². The van der Waals surface area contributed by atoms with Gasteiger partial charge < -0.3 is 9.22 Å². The van der Waals surface area contributed by atoms with Crippen molar-refractivity contribution in [1.29, 1.82) is 0 Å². The fourth-order valence-corrected chi connectivity index (χ4v) is 2.03. The first-order chi connectivity index (χ1) is 6.39. The van der Waals surface area contributed by atoms with Gasteiger partial charge in [0.1, 0.15) is 12.4 Å². The molecule has 0 saturated carbocycles. The van der Waals surface area contributed by atoms with Crippen molar-refractivity contribution < 1.29 is 9.22 Å². The van der Waals surface area contributed by atoms with Crippen LogP contribution in [0.5, 0.6) is 0 Å². The lowest BCUT2D eigenvalue weighted by molar-refractivity contribution is -0.113. The number of rotatable bonds is 6. The Labute approximate surface area is 87.8 Å². The quantitative estimate of drug-likeness (QED) is 0.384. The Hall–Kier alpha value is -0.673. The van der Waals surface area contributed by atoms with Crippen LogP contribution in [0.3, 0.4) is 0 Å². The number of aldehydes is 1. The third-order valence-corrected chi connectivity index (χ3v) is 2.66. The molecule has 80 valence electrons. The molecule has 0 bridgehead atoms. The molecule has 0 aromatic carbocycles. The summed E-state index contributed by atoms with van der Waals surface area (Å²) in [5.41, 5.74) is 1.08. The van der Waals surface area contributed by atoms with Gasteiger partial charge in [0.25, 0.3) is 0 Å². The van der Waals surface area contributed by atoms with Gasteiger partial charge in [0.05, 0.1) is 0 Å². The SMILES string of the molecule is C=C/C(C)=C/C[C@@H](C=O)O[Si](C)(C)C. The van der Waals surface area contributed by atoms with Gasteiger partial charge in [-0.05, 0) is 33.0 Å². The summed E-state index contributed by atoms with van der Waals surface area (Å²) in [6.07, 6.45) is 4.98. The zero-order valence-electron chi connectivity index (χ0n) is 9.54. The molecule has 0 aliphatic rings. The molecule has 0 aromatic heterocycles. The van der Waals surface area contributed by atoms with Crippen LogP contribution in [0, 0.1) is 0 Å². The van der Waals surface area contributed by atoms with Gasteiger partial charge in [0.15, 0.2) is 8.32 Å². The van der Waals surface area contributed by atoms with E-state index >= 15 is 0 Å². The van der Waals surface area contributed by atoms with E-state index in [4.69, 9.17) is 4.43 Å². The molecule has 0 radical (unpaired) electrons. The Bertz CT molecular complexity index is 226. The van der Waals surface area contributed by atoms with Crippen LogP contribution in [0.15, 0.2) is 24.3 Å². The summed E-state index contributed by atoms with van der Waals surface area (Å²) in [7, 11) is -1.61. The van der Waals surface area contributed by atoms with Crippen LogP contribution >= 0.6 is 0 Å². The smallest absolute Gasteiger partial charge is 0.184 e. The average molecular weight is 212 g/mol. The maximum absolute atomic E-state index is 10.7. The first-order valence-electron chi connectivity index (χ1n) is 4.81. The monoisotopic (exact) mass is 212 g/mol. The highest BCUT2D eigenvalue weighted by atomic mass is 28.4. The minimum absolute atomic E-state index is 0.295. The van der Waals surface area contributed by atoms with Gasteiger partial charge in [0.2, 0.25) is 0 Å². The van der Waals surface area contributed by atoms with E-state index in [0.717, 1.165) is 11.9 Å². The largest absolute Gasteiger partial charge is 0.408 e. The summed E-state index contributed by atoms with van der Waals surface area (Å²) in [6, 6.07) is 0. The molecule has 0 unspecified atom stereocenters. The summed E-state index contributed by atoms with van der Waals surface area (Å²) in [5, 5.41) is 0. The molecule has 0 heterocycles. The van der Waals surface area contributed by atoms with Crippen molar-refractivity contribution in [3.05, 3.63) is 24.3 Å². The highest BCUT2D eigenvalue weighted by molar-refractivity contribution is 6.69. The molecule has 0 spiro atoms. The fourth-order valence-electron chi connectivity index (χ4n) is 0.971. The van der Waals surface area contributed by atoms with Gasteiger partial charge in [-0.2, -0.15) is 0 Å². The highest BCUT2D eigenvalue weighted by Crippen LogP contribution is 2.10. The molecule has 0 aliphatic carbocycles. The lowest BCUT2D eigenvalue weighted by Gasteiger charge is -2.21. The van der Waals surface area contributed by atoms with Crippen molar-refractivity contribution in [3.63, 3.8) is 0 Å². The predicted octanol–water partition coefficient (Wildman–Crippen LogP) is 2.93. The third-order valence-electron chi connectivity index (χ3n) is 1.65. The molecule has 1 atom stereocenters. The predicted molar refractivity (Wildman–Crippen MR) is 62.9 cm³/mol. The summed E-state index contributed by atoms with van der Waals surface area (Å²) in [5.74, 6) is 0. The van der Waals surface area contributed by atoms with E-state index < -0.39 is 8.32 Å². The second kappa shape index (κ2) is 5.93. The maximum Gasteiger partial charge on any atom is 0.184 e. The Balaban J connectivity index is 4.17. The fraction of sp³-hybridized carbons (Fsp3) is 0.545. The van der Waals surface area contributed by atoms with E-state index in [0.29, 0.717) is 6.42 Å². The number of carbonyl (C=O) groups is 1. The normalized spacial score (nSPS) is 15.0. The van der Waals surface area contributed by atoms with Crippen molar-refractivity contribution in [2.45, 2.75) is 39.1 Å². The molecular formula is C11H20O2Si. The van der Waals surface area contributed by atoms with E-state index in [9.17, 15) is 4.79 Å². The second-order valence-corrected chi connectivity index (χ2v) is 8.75. The van der Waals surface area contributed by atoms with Gasteiger partial charge in [-0.3, -0.25) is 0 Å². The van der Waals surface area contributed by atoms with Crippen LogP contribution < -0.4 is 0 Å². The van der Waals surface area contributed by atoms with Gasteiger partial charge in [-0.1, -0.05) is 24.3 Å². The minimum Gasteiger partial charge on any atom is -0.408 e. The zero-order chi connectivity index (χ0) is 11.2. The molecule has 0 amide bonds. The van der Waals surface area contributed by atoms with Crippen LogP contribution in [-0.2, 0) is 9.22 Å². The van der Waals surface area contributed by atoms with Crippen molar-refractivity contribution in [2.24, 2.45) is 0 Å². The molecule has 3 heteroatoms. The zero-order valence-corrected chi connectivity index (χ0v) is 10.5. The number of hydrogen-bond acceptors (Lipinski definition) is 2. The maximum atomic E-state index is 10.7. The standard InChI is InChI=1S/C11H20O2Si/c1-6-10(2)7-8-11(9-12)13-14(3,4)5/h6-7,9,11H,1,8H2,2-5H3/b10-7+/t11-/m0/s1. The second-order valence-electron chi connectivity index (χ2n) is 4.29. The molecule has 2 nitrogen and oxygen atoms in total. The highest BCUT2D eigenvalue weighted by Gasteiger charge is 2.19. The van der Waals surface area contributed by atoms with Gasteiger partial charge in [0, 0.05) is 0 Å². The molecule has 0 rings (SSSR count). The van der Waals surface area contributed by atoms with Crippen LogP contribution in [0.25, 0.3) is 0 Å². The molecule has 0 N–H and O–H groups in total. The van der Waals surface area contributed by atoms with Crippen molar-refractivity contribution >= 4 is 14.6 Å². The third kappa shape index (κ3) is 6.80. The average Bonchev–Trinajstić information content (AvgIpc) is 2.09. The van der Waals surface area contributed by atoms with Crippen LogP contribution in [0.2, 0.25) is 19.6 Å². The van der Waals surface area contributed by atoms with Crippen LogP contribution in [0.1, 0.15) is 13.3 Å². The molecule has 0 aromatic rings. The van der Waals surface area contributed by atoms with Crippen molar-refractivity contribution in [2.75, 3.05) is 0 Å². The Morgan fingerprint density at radius 1 is 1.50 bits per heavy atom. The molecule has 0 saturated heterocycles. The van der Waals surface area contributed by atoms with E-state index in [1.807, 2.05) is 13.0 Å². The summed E-state index contributed by atoms with van der Waals surface area (Å²) in [6.45, 7) is 11.8. The lowest BCUT2D eigenvalue weighted by Crippen LogP contribution is -2.32. The van der Waals surface area contributed by atoms with Gasteiger partial charge >= 0.3 is 0 Å². The van der Waals surface area contributed by atoms with Gasteiger partial charge in [-0.25, -0.2) is 0 Å². The minimum atomic E-state index is -1.61. The molecule has 14 heavy (non-hydrogen) atoms. The number of hydrogen-bond donors (Lipinski definition) is 0. The number of allylic oxidation sites excluding steroid dienone is 2. The van der Waals surface area contributed by atoms with E-state index in [1.54, 1.807) is 6.08 Å². The topological polar surface area (TPSA) is 26.3 Å². The Morgan fingerprint density at radius 2 is 2.07 bits per heavy atom. The van der Waals surface area contributed by atoms with Crippen molar-refractivity contribution in [1.82, 2.24) is 0 Å². The summed E-state index contributed by atoms with van der Waals surface area (Å²) >= 11 is 0. The van der Waals surface area contributed by atoms with E-state index in [2.05, 4.69) is 26.2 Å². The Morgan fingerprint density at radius 3 is 2.43 bits per heavy atom. The summed E-state index contributed by atoms with van der Waals surface area (Å²) in [4.78, 5) is 10.7. The van der Waals surface area contributed by atoms with E-state index in [1.165, 1.54) is 0 Å². The van der Waals surface area contributed by atoms with Crippen LogP contribution in [0.4, 0.5) is 0 Å². The Kier molecular flexibility index (Phi) is 5.65. The van der Waals surface area contributed by atoms with Crippen molar-refractivity contribution in [3.8, 4) is 0 Å².